The summed E-state index contributed by atoms with van der Waals surface area (Å²) in [5.74, 6) is 2.05. The summed E-state index contributed by atoms with van der Waals surface area (Å²) in [6.07, 6.45) is 31.5. The van der Waals surface area contributed by atoms with Crippen LogP contribution in [0.1, 0.15) is 150 Å². The van der Waals surface area contributed by atoms with Crippen molar-refractivity contribution < 1.29 is 65.1 Å². The summed E-state index contributed by atoms with van der Waals surface area (Å²) in [7, 11) is -6.95. The predicted octanol–water partition coefficient (Wildman–Crippen LogP) is 27.1. The van der Waals surface area contributed by atoms with Gasteiger partial charge in [-0.15, -0.1) is 0 Å². The van der Waals surface area contributed by atoms with Gasteiger partial charge in [-0.3, -0.25) is 64.1 Å². The van der Waals surface area contributed by atoms with Gasteiger partial charge in [0.2, 0.25) is 9.84 Å². The van der Waals surface area contributed by atoms with Gasteiger partial charge in [0.15, 0.2) is 17.3 Å². The largest absolute Gasteiger partial charge is 0.487 e. The van der Waals surface area contributed by atoms with E-state index in [-0.39, 0.29) is 52.3 Å². The highest BCUT2D eigenvalue weighted by atomic mass is 32.2. The Hall–Kier alpha value is -16.9. The second kappa shape index (κ2) is 57.7. The number of sulfone groups is 1. The summed E-state index contributed by atoms with van der Waals surface area (Å²) in [6.45, 7) is 16.3. The molecule has 0 fully saturated rings. The number of aromatic amines is 1. The van der Waals surface area contributed by atoms with E-state index >= 15 is 0 Å². The number of unbranched alkanes of at least 4 members (excludes halogenated alkanes) is 3. The number of pyridine rings is 8. The minimum absolute atomic E-state index is 0.00930. The van der Waals surface area contributed by atoms with Crippen molar-refractivity contribution in [3.8, 4) is 62.3 Å². The van der Waals surface area contributed by atoms with E-state index < -0.39 is 34.3 Å². The molecule has 0 spiro atoms. The van der Waals surface area contributed by atoms with Gasteiger partial charge in [-0.05, 0) is 201 Å². The molecule has 0 bridgehead atoms. The van der Waals surface area contributed by atoms with Gasteiger partial charge in [0.25, 0.3) is 5.69 Å². The maximum atomic E-state index is 12.9. The van der Waals surface area contributed by atoms with Gasteiger partial charge in [-0.1, -0.05) is 259 Å². The molecule has 0 radical (unpaired) electrons. The van der Waals surface area contributed by atoms with E-state index in [1.54, 1.807) is 161 Å². The number of nitrogens with zero attached hydrogens (tertiary/aromatic N) is 9. The molecule has 0 saturated heterocycles. The Balaban J connectivity index is 0.000000158. The topological polar surface area (TPSA) is 337 Å². The maximum absolute atomic E-state index is 12.9. The summed E-state index contributed by atoms with van der Waals surface area (Å²) in [5, 5.41) is 12.2. The van der Waals surface area contributed by atoms with Gasteiger partial charge in [0, 0.05) is 119 Å². The Kier molecular flexibility index (Phi) is 43.2. The van der Waals surface area contributed by atoms with Crippen LogP contribution >= 0.6 is 7.60 Å². The number of carbonyl (C=O) groups excluding carboxylic acids is 4. The first-order valence-electron chi connectivity index (χ1n) is 47.1. The van der Waals surface area contributed by atoms with E-state index in [9.17, 15) is 42.3 Å². The maximum Gasteiger partial charge on any atom is 0.365 e. The van der Waals surface area contributed by atoms with E-state index in [0.717, 1.165) is 63.5 Å². The molecular formula is C118H113N10O15PS. The number of para-hydroxylation sites is 3. The Bertz CT molecular complexity index is 7180. The van der Waals surface area contributed by atoms with Crippen molar-refractivity contribution in [1.29, 1.82) is 0 Å². The van der Waals surface area contributed by atoms with Crippen molar-refractivity contribution in [2.24, 2.45) is 0 Å². The fourth-order valence-corrected chi connectivity index (χ4v) is 17.4. The smallest absolute Gasteiger partial charge is 0.365 e. The highest BCUT2D eigenvalue weighted by Crippen LogP contribution is 2.49. The number of rotatable bonds is 30. The number of hydrogen-bond donors (Lipinski definition) is 1. The van der Waals surface area contributed by atoms with Crippen LogP contribution in [0.3, 0.4) is 0 Å². The van der Waals surface area contributed by atoms with Crippen molar-refractivity contribution in [3.63, 3.8) is 0 Å². The number of carbonyl (C=O) groups is 4. The molecule has 0 saturated carbocycles. The van der Waals surface area contributed by atoms with E-state index in [2.05, 4.69) is 121 Å². The number of esters is 2. The Morgan fingerprint density at radius 1 is 0.428 bits per heavy atom. The number of nitro groups is 1. The lowest BCUT2D eigenvalue weighted by Gasteiger charge is -2.19. The van der Waals surface area contributed by atoms with Crippen LogP contribution in [-0.4, -0.2) is 94.9 Å². The number of nitrogens with one attached hydrogen (secondary N) is 1. The molecule has 1 N–H and O–H groups in total. The van der Waals surface area contributed by atoms with Crippen LogP contribution in [0.15, 0.2) is 437 Å². The third-order valence-electron chi connectivity index (χ3n) is 22.0. The van der Waals surface area contributed by atoms with E-state index in [1.165, 1.54) is 120 Å². The zero-order chi connectivity index (χ0) is 103. The van der Waals surface area contributed by atoms with Gasteiger partial charge in [0.05, 0.1) is 63.2 Å². The number of ketones is 2. The first-order valence-corrected chi connectivity index (χ1v) is 50.1. The summed E-state index contributed by atoms with van der Waals surface area (Å²) in [4.78, 5) is 94.6. The van der Waals surface area contributed by atoms with E-state index in [0.29, 0.717) is 45.4 Å². The highest BCUT2D eigenvalue weighted by Gasteiger charge is 2.32. The third-order valence-corrected chi connectivity index (χ3v) is 26.0. The number of ether oxygens (including phenoxy) is 4. The molecule has 18 rings (SSSR count). The van der Waals surface area contributed by atoms with Crippen molar-refractivity contribution in [2.75, 3.05) is 13.2 Å². The van der Waals surface area contributed by atoms with Crippen molar-refractivity contribution in [3.05, 3.63) is 487 Å². The zero-order valence-electron chi connectivity index (χ0n) is 81.7. The zero-order valence-corrected chi connectivity index (χ0v) is 83.4. The molecule has 0 aliphatic carbocycles. The van der Waals surface area contributed by atoms with Crippen LogP contribution in [0.5, 0.6) is 28.7 Å². The molecular weight excluding hydrogens is 1860 g/mol. The number of Topliss-reactive ketones (excluding diaryl/α,β-unsaturated/α-hetero) is 1. The second-order valence-electron chi connectivity index (χ2n) is 32.4. The summed E-state index contributed by atoms with van der Waals surface area (Å²) >= 11 is 0. The molecule has 18 aromatic rings. The van der Waals surface area contributed by atoms with Crippen molar-refractivity contribution in [2.45, 2.75) is 116 Å². The number of aryl methyl sites for hydroxylation is 2. The fraction of sp³-hybridized carbons (Fsp3) is 0.153. The van der Waals surface area contributed by atoms with Crippen LogP contribution in [0.25, 0.3) is 44.4 Å². The lowest BCUT2D eigenvalue weighted by atomic mass is 9.94. The lowest BCUT2D eigenvalue weighted by molar-refractivity contribution is -0.384. The molecule has 0 aliphatic heterocycles. The number of H-pyrrole nitrogens is 1. The molecule has 736 valence electrons. The predicted molar refractivity (Wildman–Crippen MR) is 567 cm³/mol. The molecule has 0 aliphatic rings. The number of fused-ring (bicyclic) bond motifs is 1. The first kappa shape index (κ1) is 109. The summed E-state index contributed by atoms with van der Waals surface area (Å²) < 4.78 is 69.8. The minimum Gasteiger partial charge on any atom is -0.487 e. The van der Waals surface area contributed by atoms with Gasteiger partial charge >= 0.3 is 19.5 Å². The van der Waals surface area contributed by atoms with Crippen molar-refractivity contribution in [1.82, 2.24) is 44.9 Å². The van der Waals surface area contributed by atoms with Crippen LogP contribution in [0.4, 0.5) is 5.69 Å². The number of hydrogen-bond acceptors (Lipinski definition) is 23. The molecule has 0 amide bonds. The number of aromatic nitrogens is 9. The van der Waals surface area contributed by atoms with Gasteiger partial charge in [-0.25, -0.2) is 18.0 Å². The normalized spacial score (nSPS) is 10.8. The van der Waals surface area contributed by atoms with Crippen LogP contribution < -0.4 is 24.3 Å². The molecule has 1 unspecified atom stereocenters. The third kappa shape index (κ3) is 33.1. The molecule has 27 heteroatoms. The molecule has 9 aromatic heterocycles. The SMILES string of the molecule is CC(=O)C(C)c1ccncc1C(=O)Oc1ccccc1.CC(C)c1ccncc1OCc1ccccc1.CCCCCCc1ccncc1C(=O)c1ccccc1.CCOP(=O)(OCC)c1ccncc1OC(=O)c1ccccc1.Cc1c(-c2ccncc2)[nH]c2ccccc12.O=S(=O)(c1ccccc1)c1ccncc1.O=[N+]([O-])c1cnccc1-c1ccccc1.c1ccc(Oc2cnccc2-c2ccccc2)cc1. The number of benzene rings is 9. The molecule has 25 nitrogen and oxygen atoms in total. The summed E-state index contributed by atoms with van der Waals surface area (Å²) in [5.41, 5.74) is 14.8. The van der Waals surface area contributed by atoms with Crippen LogP contribution in [0, 0.1) is 17.0 Å². The van der Waals surface area contributed by atoms with Crippen LogP contribution in [0.2, 0.25) is 0 Å². The Morgan fingerprint density at radius 3 is 1.46 bits per heavy atom. The van der Waals surface area contributed by atoms with Crippen molar-refractivity contribution >= 4 is 62.8 Å². The molecule has 9 heterocycles. The first-order chi connectivity index (χ1) is 70.6. The average molecular weight is 1970 g/mol. The standard InChI is InChI=1S/C18H21NO.C17H13NO.C16H18NO5P.C16H15NO3.C15H17NO.C14H12N2.C11H8N2O2.C11H9NO2S/c1-2-3-4-6-9-15-12-13-19-14-17(15)18(20)16-10-7-5-8-11-16;1-3-7-14(8-4-1)16-11-12-18-13-17(16)19-15-9-5-2-6-10-15;1-3-20-23(19,21-4-2)15-10-11-17-12-14(15)22-16(18)13-8-6-5-7-9-13;1-11(12(2)18)14-8-9-17-10-15(14)16(19)20-13-6-4-3-5-7-13;1-12(2)14-8-9-16-10-15(14)17-11-13-6-4-3-5-7-13;1-10-12-4-2-3-5-13(12)16-14(10)11-6-8-15-9-7-11;14-13(15)11-8-12-7-6-10(11)9-4-2-1-3-5-9;13-15(14,10-4-2-1-3-5-10)11-6-8-12-9-7-11/h5,7-8,10-14H,2-4,6,9H2,1H3;1-13H;5-12H,3-4H2,1-2H3;3-11H,1-2H3;3-10,12H,11H2,1-2H3;2-9,16H,1H3;1-8H;1-9H. The van der Waals surface area contributed by atoms with Crippen LogP contribution in [-0.2, 0) is 41.3 Å². The van der Waals surface area contributed by atoms with E-state index in [4.69, 9.17) is 28.0 Å². The van der Waals surface area contributed by atoms with Gasteiger partial charge in [0.1, 0.15) is 41.1 Å². The fourth-order valence-electron chi connectivity index (χ4n) is 14.5. The van der Waals surface area contributed by atoms with Gasteiger partial charge < -0.3 is 33.0 Å². The quantitative estimate of drug-likeness (QED) is 0.00831. The Labute approximate surface area is 845 Å². The Morgan fingerprint density at radius 2 is 0.890 bits per heavy atom. The second-order valence-corrected chi connectivity index (χ2v) is 36.3. The minimum atomic E-state index is -3.57. The lowest BCUT2D eigenvalue weighted by Crippen LogP contribution is -2.18. The van der Waals surface area contributed by atoms with E-state index in [1.807, 2.05) is 182 Å². The highest BCUT2D eigenvalue weighted by molar-refractivity contribution is 7.91. The molecule has 9 aromatic carbocycles. The molecule has 145 heavy (non-hydrogen) atoms. The monoisotopic (exact) mass is 1970 g/mol. The molecule has 1 atom stereocenters. The average Bonchev–Trinajstić information content (AvgIpc) is 1.67. The summed E-state index contributed by atoms with van der Waals surface area (Å²) in [6, 6.07) is 101. The van der Waals surface area contributed by atoms with Gasteiger partial charge in [-0.2, -0.15) is 0 Å².